The maximum Gasteiger partial charge on any atom is 0.124 e. The first kappa shape index (κ1) is 69.8. The molecule has 17 aromatic carbocycles. The Kier molecular flexibility index (Phi) is 19.5. The van der Waals surface area contributed by atoms with E-state index in [1.165, 1.54) is 145 Å². The summed E-state index contributed by atoms with van der Waals surface area (Å²) in [5, 5.41) is 29.7. The summed E-state index contributed by atoms with van der Waals surface area (Å²) in [4.78, 5) is 31.2. The molecular formula is C105H69N7S2. The summed E-state index contributed by atoms with van der Waals surface area (Å²) in [5.74, 6) is 0. The molecule has 26 rings (SSSR count). The van der Waals surface area contributed by atoms with Crippen LogP contribution in [0.5, 0.6) is 0 Å². The van der Waals surface area contributed by atoms with Gasteiger partial charge in [-0.2, -0.15) is 0 Å². The van der Waals surface area contributed by atoms with Crippen molar-refractivity contribution in [2.45, 2.75) is 0 Å². The van der Waals surface area contributed by atoms with Crippen LogP contribution in [-0.4, -0.2) is 34.9 Å². The first-order valence-electron chi connectivity index (χ1n) is 38.0. The Balaban J connectivity index is 0.0000000877. The zero-order chi connectivity index (χ0) is 75.9. The van der Waals surface area contributed by atoms with Crippen molar-refractivity contribution < 1.29 is 0 Å². The molecule has 0 spiro atoms. The van der Waals surface area contributed by atoms with Crippen LogP contribution in [0.15, 0.2) is 420 Å². The first-order valence-corrected chi connectivity index (χ1v) is 39.7. The number of nitrogens with zero attached hydrogens (tertiary/aromatic N) is 7. The van der Waals surface area contributed by atoms with Crippen molar-refractivity contribution in [2.75, 3.05) is 0 Å². The Hall–Kier alpha value is -14.6. The highest BCUT2D eigenvalue weighted by Crippen LogP contribution is 2.47. The molecule has 8 aromatic heterocycles. The Bertz CT molecular complexity index is 6950. The first-order chi connectivity index (χ1) is 56.6. The zero-order valence-electron chi connectivity index (χ0n) is 61.8. The van der Waals surface area contributed by atoms with Crippen molar-refractivity contribution in [3.63, 3.8) is 0 Å². The van der Waals surface area contributed by atoms with Gasteiger partial charge in [-0.1, -0.05) is 309 Å². The van der Waals surface area contributed by atoms with Gasteiger partial charge in [0.25, 0.3) is 0 Å². The number of aromatic nitrogens is 7. The molecule has 1 aliphatic rings. The molecule has 0 atom stereocenters. The predicted octanol–water partition coefficient (Wildman–Crippen LogP) is 28.9. The lowest BCUT2D eigenvalue weighted by atomic mass is 9.95. The van der Waals surface area contributed by atoms with Crippen molar-refractivity contribution in [3.05, 3.63) is 420 Å². The quantitative estimate of drug-likeness (QED) is 0.110. The van der Waals surface area contributed by atoms with E-state index in [1.807, 2.05) is 85.5 Å². The monoisotopic (exact) mass is 1490 g/mol. The van der Waals surface area contributed by atoms with Crippen molar-refractivity contribution in [3.8, 4) is 22.3 Å². The third-order valence-electron chi connectivity index (χ3n) is 21.0. The van der Waals surface area contributed by atoms with E-state index in [1.54, 1.807) is 41.4 Å². The maximum atomic E-state index is 4.56. The maximum absolute atomic E-state index is 4.56. The molecule has 8 heterocycles. The SMILES string of the molecule is c1cc2ccc3cccc4ccc(c1)c2c34.c1ccc2c(c1)-c1cccc3cccc-2c13.c1ccc2c(c1)c1ccccc1c1ncccc21.c1ccc2c(c1)sc1cncnc12.c1ccc2c(c1)sc1ncccc12.c1ccc2cc3ccccc3cc2c1.c1ccc2ncccc2c1.c1cnc2c(c1)ccc1cccnc12. The molecule has 9 heteroatoms. The largest absolute Gasteiger partial charge is 0.256 e. The summed E-state index contributed by atoms with van der Waals surface area (Å²) in [6.07, 6.45) is 12.6. The number of thiophene rings is 2. The molecule has 0 amide bonds. The predicted molar refractivity (Wildman–Crippen MR) is 488 cm³/mol. The lowest BCUT2D eigenvalue weighted by Gasteiger charge is -2.09. The van der Waals surface area contributed by atoms with Gasteiger partial charge in [0.15, 0.2) is 0 Å². The van der Waals surface area contributed by atoms with Gasteiger partial charge in [-0.15, -0.1) is 22.7 Å². The van der Waals surface area contributed by atoms with Crippen LogP contribution in [0.1, 0.15) is 0 Å². The summed E-state index contributed by atoms with van der Waals surface area (Å²) in [5.41, 5.74) is 10.7. The molecule has 25 aromatic rings. The van der Waals surface area contributed by atoms with Gasteiger partial charge in [0, 0.05) is 89.7 Å². The highest BCUT2D eigenvalue weighted by atomic mass is 32.1. The van der Waals surface area contributed by atoms with Gasteiger partial charge < -0.3 is 0 Å². The smallest absolute Gasteiger partial charge is 0.124 e. The lowest BCUT2D eigenvalue weighted by Crippen LogP contribution is -1.84. The van der Waals surface area contributed by atoms with E-state index in [-0.39, 0.29) is 0 Å². The molecule has 536 valence electrons. The second kappa shape index (κ2) is 31.8. The molecule has 7 nitrogen and oxygen atoms in total. The fourth-order valence-electron chi connectivity index (χ4n) is 15.7. The third-order valence-corrected chi connectivity index (χ3v) is 23.2. The number of rotatable bonds is 0. The Morgan fingerprint density at radius 2 is 0.535 bits per heavy atom. The summed E-state index contributed by atoms with van der Waals surface area (Å²) in [7, 11) is 0. The summed E-state index contributed by atoms with van der Waals surface area (Å²) < 4.78 is 3.75. The standard InChI is InChI=1S/C17H11N.2C16H10.C14H10.C12H8N2.C11H7NS.C10H6N2S.C9H7N/c1-2-7-14-12(6-1)13-8-3-4-9-15(13)17-16(14)10-5-11-18-17;1-3-11-7-9-13-5-2-6-14-10-8-12(4-1)15(11)16(13)14;1-2-8-13-12(7-1)14-9-3-5-11-6-4-10-15(13)16(11)14;1-2-6-12-10-14-8-4-3-7-13(14)9-11(12)5-1;1-3-9-5-6-10-4-2-8-14-12(10)11(9)13-7-1;1-2-6-10-8(4-1)9-5-3-7-12-11(9)13-10;1-2-4-8-7(3-1)10-9(13-8)5-11-6-12-10;1-2-6-9-8(4-1)5-3-7-10-9/h1-11H;2*1-10H;1-10H;1-8H;1-7H;1-6H;1-7H. The second-order valence-electron chi connectivity index (χ2n) is 27.8. The molecule has 0 radical (unpaired) electrons. The molecule has 0 fully saturated rings. The van der Waals surface area contributed by atoms with Crippen molar-refractivity contribution in [1.29, 1.82) is 0 Å². The zero-order valence-corrected chi connectivity index (χ0v) is 63.4. The van der Waals surface area contributed by atoms with Crippen LogP contribution in [0, 0.1) is 0 Å². The average molecular weight is 1490 g/mol. The third kappa shape index (κ3) is 14.0. The van der Waals surface area contributed by atoms with E-state index >= 15 is 0 Å². The van der Waals surface area contributed by atoms with E-state index in [9.17, 15) is 0 Å². The molecule has 114 heavy (non-hydrogen) atoms. The minimum absolute atomic E-state index is 0.977. The number of hydrogen-bond donors (Lipinski definition) is 0. The minimum Gasteiger partial charge on any atom is -0.256 e. The van der Waals surface area contributed by atoms with E-state index in [2.05, 4.69) is 350 Å². The van der Waals surface area contributed by atoms with Crippen LogP contribution in [0.25, 0.3) is 193 Å². The van der Waals surface area contributed by atoms with Crippen LogP contribution >= 0.6 is 22.7 Å². The van der Waals surface area contributed by atoms with Crippen LogP contribution in [0.3, 0.4) is 0 Å². The molecule has 0 unspecified atom stereocenters. The van der Waals surface area contributed by atoms with E-state index < -0.39 is 0 Å². The Labute approximate surface area is 665 Å². The van der Waals surface area contributed by atoms with Gasteiger partial charge >= 0.3 is 0 Å². The van der Waals surface area contributed by atoms with Gasteiger partial charge in [0.2, 0.25) is 0 Å². The minimum atomic E-state index is 0.977. The molecule has 0 N–H and O–H groups in total. The van der Waals surface area contributed by atoms with E-state index in [4.69, 9.17) is 0 Å². The molecule has 0 saturated carbocycles. The lowest BCUT2D eigenvalue weighted by molar-refractivity contribution is 1.23. The van der Waals surface area contributed by atoms with E-state index in [0.29, 0.717) is 0 Å². The number of pyridine rings is 5. The fourth-order valence-corrected chi connectivity index (χ4v) is 17.8. The Morgan fingerprint density at radius 1 is 0.184 bits per heavy atom. The van der Waals surface area contributed by atoms with Crippen LogP contribution in [0.4, 0.5) is 0 Å². The second-order valence-corrected chi connectivity index (χ2v) is 29.9. The van der Waals surface area contributed by atoms with Crippen molar-refractivity contribution >= 4 is 193 Å². The van der Waals surface area contributed by atoms with E-state index in [0.717, 1.165) is 47.9 Å². The van der Waals surface area contributed by atoms with Crippen molar-refractivity contribution in [2.24, 2.45) is 0 Å². The highest BCUT2D eigenvalue weighted by molar-refractivity contribution is 7.26. The van der Waals surface area contributed by atoms with Gasteiger partial charge in [-0.3, -0.25) is 19.9 Å². The van der Waals surface area contributed by atoms with Gasteiger partial charge in [0.05, 0.1) is 32.3 Å². The van der Waals surface area contributed by atoms with Gasteiger partial charge in [-0.05, 0) is 170 Å². The number of para-hydroxylation sites is 1. The number of fused-ring (bicyclic) bond motifs is 21. The molecule has 0 bridgehead atoms. The highest BCUT2D eigenvalue weighted by Gasteiger charge is 2.20. The van der Waals surface area contributed by atoms with Gasteiger partial charge in [-0.25, -0.2) is 15.0 Å². The van der Waals surface area contributed by atoms with Crippen LogP contribution in [0.2, 0.25) is 0 Å². The van der Waals surface area contributed by atoms with Crippen molar-refractivity contribution in [1.82, 2.24) is 34.9 Å². The van der Waals surface area contributed by atoms with Crippen LogP contribution < -0.4 is 0 Å². The number of hydrogen-bond acceptors (Lipinski definition) is 9. The molecule has 0 saturated heterocycles. The summed E-state index contributed by atoms with van der Waals surface area (Å²) in [6.45, 7) is 0. The molecular weight excluding hydrogens is 1420 g/mol. The van der Waals surface area contributed by atoms with Crippen LogP contribution in [-0.2, 0) is 0 Å². The Morgan fingerprint density at radius 3 is 1.08 bits per heavy atom. The normalized spacial score (nSPS) is 11.2. The fraction of sp³-hybridized carbons (Fsp3) is 0. The van der Waals surface area contributed by atoms with Gasteiger partial charge in [0.1, 0.15) is 11.2 Å². The summed E-state index contributed by atoms with van der Waals surface area (Å²) in [6, 6.07) is 131. The topological polar surface area (TPSA) is 90.2 Å². The molecule has 1 aliphatic carbocycles. The summed E-state index contributed by atoms with van der Waals surface area (Å²) >= 11 is 3.49. The number of benzene rings is 17. The molecule has 0 aliphatic heterocycles. The average Bonchev–Trinajstić information content (AvgIpc) is 1.47.